The zero-order valence-corrected chi connectivity index (χ0v) is 11.3. The number of aromatic nitrogens is 2. The Bertz CT molecular complexity index is 455. The van der Waals surface area contributed by atoms with Gasteiger partial charge in [0.2, 0.25) is 0 Å². The van der Waals surface area contributed by atoms with E-state index in [1.165, 1.54) is 24.9 Å². The van der Waals surface area contributed by atoms with Crippen LogP contribution in [0, 0.1) is 0 Å². The van der Waals surface area contributed by atoms with Crippen molar-refractivity contribution in [3.8, 4) is 0 Å². The van der Waals surface area contributed by atoms with Gasteiger partial charge in [-0.1, -0.05) is 11.8 Å². The van der Waals surface area contributed by atoms with Crippen molar-refractivity contribution in [3.05, 3.63) is 11.8 Å². The Morgan fingerprint density at radius 2 is 2.33 bits per heavy atom. The Hall–Kier alpha value is -1.17. The Kier molecular flexibility index (Phi) is 4.16. The standard InChI is InChI=1S/C12H16FN3OS/c1-7(17)8-6-14-12(18-2)16-11(8)15-10-5-3-4-9(10)13/h6,9-10H,3-5H2,1-2H3,(H,14,15,16)/t9-,10+/m0/s1. The van der Waals surface area contributed by atoms with Crippen molar-refractivity contribution < 1.29 is 9.18 Å². The Morgan fingerprint density at radius 1 is 1.56 bits per heavy atom. The van der Waals surface area contributed by atoms with E-state index in [0.717, 1.165) is 12.8 Å². The number of carbonyl (C=O) groups is 1. The molecule has 1 aliphatic carbocycles. The second kappa shape index (κ2) is 5.65. The van der Waals surface area contributed by atoms with Crippen LogP contribution in [0.15, 0.2) is 11.4 Å². The number of halogens is 1. The van der Waals surface area contributed by atoms with Crippen LogP contribution in [0.2, 0.25) is 0 Å². The van der Waals surface area contributed by atoms with Crippen molar-refractivity contribution >= 4 is 23.4 Å². The summed E-state index contributed by atoms with van der Waals surface area (Å²) < 4.78 is 13.6. The minimum atomic E-state index is -0.863. The molecule has 1 aliphatic rings. The van der Waals surface area contributed by atoms with E-state index in [2.05, 4.69) is 15.3 Å². The predicted molar refractivity (Wildman–Crippen MR) is 70.0 cm³/mol. The molecule has 2 rings (SSSR count). The van der Waals surface area contributed by atoms with E-state index < -0.39 is 6.17 Å². The molecule has 1 aromatic rings. The third kappa shape index (κ3) is 2.80. The summed E-state index contributed by atoms with van der Waals surface area (Å²) in [5.74, 6) is 0.343. The topological polar surface area (TPSA) is 54.9 Å². The number of nitrogens with one attached hydrogen (secondary N) is 1. The molecule has 0 spiro atoms. The van der Waals surface area contributed by atoms with E-state index >= 15 is 0 Å². The highest BCUT2D eigenvalue weighted by Gasteiger charge is 2.28. The fraction of sp³-hybridized carbons (Fsp3) is 0.583. The van der Waals surface area contributed by atoms with Gasteiger partial charge in [-0.25, -0.2) is 14.4 Å². The van der Waals surface area contributed by atoms with Gasteiger partial charge < -0.3 is 5.32 Å². The van der Waals surface area contributed by atoms with E-state index in [-0.39, 0.29) is 11.8 Å². The highest BCUT2D eigenvalue weighted by Crippen LogP contribution is 2.26. The lowest BCUT2D eigenvalue weighted by atomic mass is 10.2. The van der Waals surface area contributed by atoms with E-state index in [0.29, 0.717) is 23.0 Å². The first-order chi connectivity index (χ1) is 8.61. The number of anilines is 1. The maximum Gasteiger partial charge on any atom is 0.189 e. The van der Waals surface area contributed by atoms with Crippen molar-refractivity contribution in [2.75, 3.05) is 11.6 Å². The van der Waals surface area contributed by atoms with Gasteiger partial charge in [-0.3, -0.25) is 4.79 Å². The lowest BCUT2D eigenvalue weighted by Crippen LogP contribution is -2.26. The van der Waals surface area contributed by atoms with Crippen molar-refractivity contribution in [1.82, 2.24) is 9.97 Å². The molecule has 18 heavy (non-hydrogen) atoms. The number of thioether (sulfide) groups is 1. The molecule has 1 saturated carbocycles. The summed E-state index contributed by atoms with van der Waals surface area (Å²) in [5.41, 5.74) is 0.423. The second-order valence-corrected chi connectivity index (χ2v) is 5.15. The maximum absolute atomic E-state index is 13.6. The molecular formula is C12H16FN3OS. The molecule has 2 atom stereocenters. The molecule has 1 fully saturated rings. The molecule has 6 heteroatoms. The summed E-state index contributed by atoms with van der Waals surface area (Å²) in [6.45, 7) is 1.46. The van der Waals surface area contributed by atoms with Crippen LogP contribution in [0.25, 0.3) is 0 Å². The third-order valence-electron chi connectivity index (χ3n) is 3.08. The van der Waals surface area contributed by atoms with Gasteiger partial charge in [-0.05, 0) is 32.4 Å². The lowest BCUT2D eigenvalue weighted by Gasteiger charge is -2.17. The monoisotopic (exact) mass is 269 g/mol. The molecular weight excluding hydrogens is 253 g/mol. The van der Waals surface area contributed by atoms with Gasteiger partial charge in [0.25, 0.3) is 0 Å². The first-order valence-electron chi connectivity index (χ1n) is 5.94. The quantitative estimate of drug-likeness (QED) is 0.517. The van der Waals surface area contributed by atoms with Crippen LogP contribution in [-0.4, -0.2) is 34.2 Å². The van der Waals surface area contributed by atoms with Crippen molar-refractivity contribution in [2.45, 2.75) is 43.6 Å². The average Bonchev–Trinajstić information content (AvgIpc) is 2.74. The largest absolute Gasteiger partial charge is 0.364 e. The normalized spacial score (nSPS) is 23.1. The van der Waals surface area contributed by atoms with Gasteiger partial charge in [-0.2, -0.15) is 0 Å². The molecule has 1 aromatic heterocycles. The number of nitrogens with zero attached hydrogens (tertiary/aromatic N) is 2. The lowest BCUT2D eigenvalue weighted by molar-refractivity contribution is 0.101. The zero-order valence-electron chi connectivity index (χ0n) is 10.4. The highest BCUT2D eigenvalue weighted by atomic mass is 32.2. The fourth-order valence-corrected chi connectivity index (χ4v) is 2.43. The van der Waals surface area contributed by atoms with Crippen LogP contribution in [0.5, 0.6) is 0 Å². The first-order valence-corrected chi connectivity index (χ1v) is 7.17. The Morgan fingerprint density at radius 3 is 2.89 bits per heavy atom. The van der Waals surface area contributed by atoms with Gasteiger partial charge in [0.05, 0.1) is 11.6 Å². The number of rotatable bonds is 4. The summed E-state index contributed by atoms with van der Waals surface area (Å²) >= 11 is 1.39. The molecule has 0 bridgehead atoms. The van der Waals surface area contributed by atoms with Crippen LogP contribution >= 0.6 is 11.8 Å². The molecule has 0 aliphatic heterocycles. The number of hydrogen-bond acceptors (Lipinski definition) is 5. The van der Waals surface area contributed by atoms with E-state index in [1.807, 2.05) is 6.26 Å². The predicted octanol–water partition coefficient (Wildman–Crippen LogP) is 2.70. The second-order valence-electron chi connectivity index (χ2n) is 4.37. The molecule has 1 N–H and O–H groups in total. The van der Waals surface area contributed by atoms with Gasteiger partial charge in [0.1, 0.15) is 12.0 Å². The summed E-state index contributed by atoms with van der Waals surface area (Å²) in [6.07, 6.45) is 4.73. The van der Waals surface area contributed by atoms with Crippen molar-refractivity contribution in [2.24, 2.45) is 0 Å². The molecule has 0 amide bonds. The summed E-state index contributed by atoms with van der Waals surface area (Å²) in [4.78, 5) is 19.8. The van der Waals surface area contributed by atoms with Gasteiger partial charge >= 0.3 is 0 Å². The Labute approximate surface area is 110 Å². The van der Waals surface area contributed by atoms with E-state index in [9.17, 15) is 9.18 Å². The molecule has 0 saturated heterocycles. The smallest absolute Gasteiger partial charge is 0.189 e. The van der Waals surface area contributed by atoms with Crippen LogP contribution in [-0.2, 0) is 0 Å². The minimum absolute atomic E-state index is 0.112. The summed E-state index contributed by atoms with van der Waals surface area (Å²) in [6, 6.07) is -0.243. The summed E-state index contributed by atoms with van der Waals surface area (Å²) in [7, 11) is 0. The van der Waals surface area contributed by atoms with Crippen LogP contribution < -0.4 is 5.32 Å². The molecule has 0 unspecified atom stereocenters. The molecule has 1 heterocycles. The van der Waals surface area contributed by atoms with Crippen molar-refractivity contribution in [3.63, 3.8) is 0 Å². The van der Waals surface area contributed by atoms with Crippen LogP contribution in [0.4, 0.5) is 10.2 Å². The first kappa shape index (κ1) is 13.3. The summed E-state index contributed by atoms with van der Waals surface area (Å²) in [5, 5.41) is 3.63. The molecule has 0 aromatic carbocycles. The number of ketones is 1. The number of Topliss-reactive ketones (excluding diaryl/α,β-unsaturated/α-hetero) is 1. The van der Waals surface area contributed by atoms with Crippen LogP contribution in [0.3, 0.4) is 0 Å². The van der Waals surface area contributed by atoms with Crippen LogP contribution in [0.1, 0.15) is 36.5 Å². The van der Waals surface area contributed by atoms with Crippen molar-refractivity contribution in [1.29, 1.82) is 0 Å². The Balaban J connectivity index is 2.25. The maximum atomic E-state index is 13.6. The third-order valence-corrected chi connectivity index (χ3v) is 3.64. The minimum Gasteiger partial charge on any atom is -0.364 e. The SMILES string of the molecule is CSc1ncc(C(C)=O)c(N[C@@H]2CCC[C@@H]2F)n1. The van der Waals surface area contributed by atoms with Gasteiger partial charge in [-0.15, -0.1) is 0 Å². The molecule has 0 radical (unpaired) electrons. The molecule has 98 valence electrons. The van der Waals surface area contributed by atoms with E-state index in [1.54, 1.807) is 0 Å². The fourth-order valence-electron chi connectivity index (χ4n) is 2.08. The van der Waals surface area contributed by atoms with Gasteiger partial charge in [0.15, 0.2) is 10.9 Å². The number of carbonyl (C=O) groups excluding carboxylic acids is 1. The number of hydrogen-bond donors (Lipinski definition) is 1. The average molecular weight is 269 g/mol. The molecule has 4 nitrogen and oxygen atoms in total. The number of alkyl halides is 1. The zero-order chi connectivity index (χ0) is 13.1. The highest BCUT2D eigenvalue weighted by molar-refractivity contribution is 7.98. The van der Waals surface area contributed by atoms with Gasteiger partial charge in [0, 0.05) is 6.20 Å². The van der Waals surface area contributed by atoms with E-state index in [4.69, 9.17) is 0 Å².